The zero-order valence-electron chi connectivity index (χ0n) is 16.7. The molecule has 2 N–H and O–H groups in total. The Morgan fingerprint density at radius 3 is 2.54 bits per heavy atom. The minimum atomic E-state index is 0. The van der Waals surface area contributed by atoms with Gasteiger partial charge < -0.3 is 19.9 Å². The number of hydrogen-bond acceptors (Lipinski definition) is 3. The molecule has 1 aromatic heterocycles. The topological polar surface area (TPSA) is 63.5 Å². The fraction of sp³-hybridized carbons (Fsp3) is 0.579. The number of benzene rings is 1. The predicted molar refractivity (Wildman–Crippen MR) is 119 cm³/mol. The summed E-state index contributed by atoms with van der Waals surface area (Å²) in [5, 5.41) is 6.66. The van der Waals surface area contributed by atoms with Crippen LogP contribution in [0.15, 0.2) is 29.3 Å². The Hall–Kier alpha value is -1.35. The Balaban J connectivity index is 0.00000338. The first-order valence-electron chi connectivity index (χ1n) is 8.82. The van der Waals surface area contributed by atoms with Crippen molar-refractivity contribution in [2.75, 3.05) is 20.2 Å². The van der Waals surface area contributed by atoms with Gasteiger partial charge in [-0.25, -0.2) is 9.98 Å². The number of fused-ring (bicyclic) bond motifs is 1. The third kappa shape index (κ3) is 5.84. The molecule has 6 nitrogen and oxygen atoms in total. The largest absolute Gasteiger partial charge is 0.379 e. The molecule has 0 amide bonds. The third-order valence-electron chi connectivity index (χ3n) is 4.31. The Bertz CT molecular complexity index is 720. The maximum Gasteiger partial charge on any atom is 0.191 e. The van der Waals surface area contributed by atoms with Gasteiger partial charge in [-0.2, -0.15) is 0 Å². The van der Waals surface area contributed by atoms with Crippen molar-refractivity contribution in [3.05, 3.63) is 30.1 Å². The maximum absolute atomic E-state index is 5.60. The van der Waals surface area contributed by atoms with Crippen LogP contribution in [0.2, 0.25) is 0 Å². The highest BCUT2D eigenvalue weighted by Gasteiger charge is 2.24. The van der Waals surface area contributed by atoms with Gasteiger partial charge in [-0.05, 0) is 24.5 Å². The van der Waals surface area contributed by atoms with Gasteiger partial charge in [0.25, 0.3) is 0 Å². The number of para-hydroxylation sites is 2. The molecular weight excluding hydrogens is 441 g/mol. The average molecular weight is 473 g/mol. The second-order valence-electron chi connectivity index (χ2n) is 7.24. The zero-order valence-corrected chi connectivity index (χ0v) is 19.0. The molecule has 7 heteroatoms. The number of aromatic nitrogens is 2. The van der Waals surface area contributed by atoms with Crippen molar-refractivity contribution < 1.29 is 4.74 Å². The smallest absolute Gasteiger partial charge is 0.191 e. The van der Waals surface area contributed by atoms with Gasteiger partial charge >= 0.3 is 0 Å². The summed E-state index contributed by atoms with van der Waals surface area (Å²) in [6.45, 7) is 10.6. The minimum Gasteiger partial charge on any atom is -0.379 e. The van der Waals surface area contributed by atoms with Gasteiger partial charge in [0, 0.05) is 27.2 Å². The highest BCUT2D eigenvalue weighted by Crippen LogP contribution is 2.21. The van der Waals surface area contributed by atoms with E-state index >= 15 is 0 Å². The number of nitrogens with zero attached hydrogens (tertiary/aromatic N) is 3. The number of nitrogens with one attached hydrogen (secondary N) is 2. The number of methoxy groups -OCH3 is 1. The Morgan fingerprint density at radius 1 is 1.27 bits per heavy atom. The van der Waals surface area contributed by atoms with E-state index in [2.05, 4.69) is 58.9 Å². The van der Waals surface area contributed by atoms with Gasteiger partial charge in [0.1, 0.15) is 12.4 Å². The maximum atomic E-state index is 5.60. The molecule has 0 aliphatic rings. The lowest BCUT2D eigenvalue weighted by atomic mass is 9.89. The first-order valence-corrected chi connectivity index (χ1v) is 8.82. The first kappa shape index (κ1) is 22.7. The van der Waals surface area contributed by atoms with Crippen molar-refractivity contribution in [3.63, 3.8) is 0 Å². The lowest BCUT2D eigenvalue weighted by Gasteiger charge is -2.30. The van der Waals surface area contributed by atoms with Crippen LogP contribution in [0, 0.1) is 5.41 Å². The number of imidazole rings is 1. The molecule has 0 aliphatic carbocycles. The second kappa shape index (κ2) is 10.1. The van der Waals surface area contributed by atoms with E-state index in [4.69, 9.17) is 4.74 Å². The molecule has 2 aromatic rings. The number of halogens is 1. The van der Waals surface area contributed by atoms with Crippen LogP contribution in [-0.4, -0.2) is 41.8 Å². The van der Waals surface area contributed by atoms with Gasteiger partial charge in [-0.3, -0.25) is 0 Å². The van der Waals surface area contributed by atoms with Crippen molar-refractivity contribution in [2.24, 2.45) is 17.5 Å². The molecule has 146 valence electrons. The highest BCUT2D eigenvalue weighted by molar-refractivity contribution is 14.0. The molecule has 1 unspecified atom stereocenters. The van der Waals surface area contributed by atoms with E-state index in [0.717, 1.165) is 29.4 Å². The molecule has 2 rings (SSSR count). The van der Waals surface area contributed by atoms with Crippen LogP contribution in [0.25, 0.3) is 11.0 Å². The normalized spacial score (nSPS) is 13.4. The van der Waals surface area contributed by atoms with Crippen LogP contribution in [0.3, 0.4) is 0 Å². The van der Waals surface area contributed by atoms with Crippen LogP contribution in [-0.2, 0) is 18.3 Å². The van der Waals surface area contributed by atoms with Crippen LogP contribution >= 0.6 is 24.0 Å². The minimum absolute atomic E-state index is 0. The Kier molecular flexibility index (Phi) is 8.82. The summed E-state index contributed by atoms with van der Waals surface area (Å²) >= 11 is 0. The summed E-state index contributed by atoms with van der Waals surface area (Å²) in [5.74, 6) is 1.72. The molecule has 1 atom stereocenters. The molecule has 0 spiro atoms. The Morgan fingerprint density at radius 2 is 1.96 bits per heavy atom. The SMILES string of the molecule is CCNC(=NCc1nc2ccccc2n1C)NCC(OC)C(C)(C)C.I. The predicted octanol–water partition coefficient (Wildman–Crippen LogP) is 3.31. The molecule has 0 radical (unpaired) electrons. The monoisotopic (exact) mass is 473 g/mol. The highest BCUT2D eigenvalue weighted by atomic mass is 127. The Labute approximate surface area is 173 Å². The average Bonchev–Trinajstić information content (AvgIpc) is 2.88. The molecule has 0 saturated heterocycles. The lowest BCUT2D eigenvalue weighted by Crippen LogP contribution is -2.45. The quantitative estimate of drug-likeness (QED) is 0.384. The molecule has 1 aromatic carbocycles. The van der Waals surface area contributed by atoms with E-state index < -0.39 is 0 Å². The summed E-state index contributed by atoms with van der Waals surface area (Å²) in [6.07, 6.45) is 0.104. The van der Waals surface area contributed by atoms with Crippen molar-refractivity contribution in [1.82, 2.24) is 20.2 Å². The molecular formula is C19H32IN5O. The van der Waals surface area contributed by atoms with Gasteiger partial charge in [0.05, 0.1) is 17.1 Å². The zero-order chi connectivity index (χ0) is 18.4. The summed E-state index contributed by atoms with van der Waals surface area (Å²) < 4.78 is 7.70. The molecule has 0 saturated carbocycles. The van der Waals surface area contributed by atoms with Gasteiger partial charge in [0.15, 0.2) is 5.96 Å². The third-order valence-corrected chi connectivity index (χ3v) is 4.31. The van der Waals surface area contributed by atoms with Crippen molar-refractivity contribution in [1.29, 1.82) is 0 Å². The van der Waals surface area contributed by atoms with E-state index in [9.17, 15) is 0 Å². The van der Waals surface area contributed by atoms with Crippen molar-refractivity contribution in [3.8, 4) is 0 Å². The molecule has 1 heterocycles. The first-order chi connectivity index (χ1) is 11.9. The van der Waals surface area contributed by atoms with Crippen molar-refractivity contribution >= 4 is 41.0 Å². The summed E-state index contributed by atoms with van der Waals surface area (Å²) in [4.78, 5) is 9.35. The number of guanidine groups is 1. The van der Waals surface area contributed by atoms with E-state index in [1.54, 1.807) is 7.11 Å². The standard InChI is InChI=1S/C19H31N5O.HI/c1-7-20-18(21-12-16(25-6)19(2,3)4)22-13-17-23-14-10-8-9-11-15(14)24(17)5;/h8-11,16H,7,12-13H2,1-6H3,(H2,20,21,22);1H. The number of aliphatic imine (C=N–C) groups is 1. The molecule has 0 bridgehead atoms. The van der Waals surface area contributed by atoms with E-state index in [1.165, 1.54) is 0 Å². The second-order valence-corrected chi connectivity index (χ2v) is 7.24. The van der Waals surface area contributed by atoms with E-state index in [-0.39, 0.29) is 35.5 Å². The summed E-state index contributed by atoms with van der Waals surface area (Å²) in [6, 6.07) is 8.13. The van der Waals surface area contributed by atoms with Gasteiger partial charge in [0.2, 0.25) is 0 Å². The van der Waals surface area contributed by atoms with Crippen LogP contribution in [0.5, 0.6) is 0 Å². The number of rotatable bonds is 6. The van der Waals surface area contributed by atoms with Gasteiger partial charge in [-0.1, -0.05) is 32.9 Å². The van der Waals surface area contributed by atoms with Crippen LogP contribution < -0.4 is 10.6 Å². The van der Waals surface area contributed by atoms with Gasteiger partial charge in [-0.15, -0.1) is 24.0 Å². The van der Waals surface area contributed by atoms with E-state index in [1.807, 2.05) is 25.2 Å². The fourth-order valence-electron chi connectivity index (χ4n) is 2.76. The van der Waals surface area contributed by atoms with Crippen LogP contribution in [0.1, 0.15) is 33.5 Å². The van der Waals surface area contributed by atoms with E-state index in [0.29, 0.717) is 13.1 Å². The molecule has 0 aliphatic heterocycles. The molecule has 0 fully saturated rings. The van der Waals surface area contributed by atoms with Crippen molar-refractivity contribution in [2.45, 2.75) is 40.3 Å². The number of hydrogen-bond donors (Lipinski definition) is 2. The molecule has 26 heavy (non-hydrogen) atoms. The van der Waals surface area contributed by atoms with Crippen LogP contribution in [0.4, 0.5) is 0 Å². The summed E-state index contributed by atoms with van der Waals surface area (Å²) in [5.41, 5.74) is 2.19. The summed E-state index contributed by atoms with van der Waals surface area (Å²) in [7, 11) is 3.78. The fourth-order valence-corrected chi connectivity index (χ4v) is 2.76. The number of ether oxygens (including phenoxy) is 1. The number of aryl methyl sites for hydroxylation is 1. The lowest BCUT2D eigenvalue weighted by molar-refractivity contribution is 0.0205.